The van der Waals surface area contributed by atoms with Gasteiger partial charge in [0, 0.05) is 48.9 Å². The van der Waals surface area contributed by atoms with E-state index >= 15 is 0 Å². The fourth-order valence-corrected chi connectivity index (χ4v) is 7.75. The second-order valence-electron chi connectivity index (χ2n) is 12.8. The number of amides is 1. The SMILES string of the molecule is C=C(F)C(=O)N1CCN(c2nc(COC[C@H]3CCC[C@@H]3N(C)C)nc3c2CCN(c2cccc4cccc(Cl)c24)C3)CC1CC#N. The summed E-state index contributed by atoms with van der Waals surface area (Å²) in [5, 5.41) is 12.4. The highest BCUT2D eigenvalue weighted by Gasteiger charge is 2.35. The average Bonchev–Trinajstić information content (AvgIpc) is 3.53. The Labute approximate surface area is 275 Å². The molecule has 2 fully saturated rings. The Morgan fingerprint density at radius 3 is 2.72 bits per heavy atom. The standard InChI is InChI=1S/C35H41ClFN7O2/c1-23(37)35(45)44-18-17-43(19-26(44)13-15-38)34-27-14-16-42(31-12-5-8-24-7-4-10-28(36)33(24)31)20-29(27)39-32(40-34)22-46-21-25-9-6-11-30(25)41(2)3/h4-5,7-8,10,12,25-26,30H,1,6,9,11,13-14,16-22H2,2-3H3/t25-,26?,30+/m1/s1. The van der Waals surface area contributed by atoms with Crippen LogP contribution in [0.5, 0.6) is 0 Å². The number of carbonyl (C=O) groups is 1. The number of ether oxygens (including phenoxy) is 1. The summed E-state index contributed by atoms with van der Waals surface area (Å²) in [6.45, 7) is 6.56. The van der Waals surface area contributed by atoms with E-state index in [-0.39, 0.29) is 13.0 Å². The number of benzene rings is 2. The van der Waals surface area contributed by atoms with Crippen molar-refractivity contribution >= 4 is 39.8 Å². The molecule has 3 aromatic rings. The zero-order valence-corrected chi connectivity index (χ0v) is 27.3. The van der Waals surface area contributed by atoms with E-state index in [0.717, 1.165) is 46.5 Å². The first-order chi connectivity index (χ1) is 22.2. The maximum Gasteiger partial charge on any atom is 0.282 e. The van der Waals surface area contributed by atoms with E-state index in [1.54, 1.807) is 0 Å². The summed E-state index contributed by atoms with van der Waals surface area (Å²) in [6, 6.07) is 14.4. The number of fused-ring (bicyclic) bond motifs is 2. The average molecular weight is 646 g/mol. The molecule has 1 aromatic heterocycles. The first-order valence-electron chi connectivity index (χ1n) is 16.1. The minimum absolute atomic E-state index is 0.0861. The number of anilines is 2. The molecule has 0 N–H and O–H groups in total. The van der Waals surface area contributed by atoms with Crippen molar-refractivity contribution in [2.75, 3.05) is 56.7 Å². The van der Waals surface area contributed by atoms with Gasteiger partial charge in [0.05, 0.1) is 42.4 Å². The van der Waals surface area contributed by atoms with Crippen molar-refractivity contribution in [1.82, 2.24) is 19.8 Å². The van der Waals surface area contributed by atoms with Crippen molar-refractivity contribution in [2.45, 2.75) is 57.3 Å². The highest BCUT2D eigenvalue weighted by atomic mass is 35.5. The Kier molecular flexibility index (Phi) is 9.73. The quantitative estimate of drug-likeness (QED) is 0.282. The lowest BCUT2D eigenvalue weighted by atomic mass is 10.0. The molecule has 2 aromatic carbocycles. The first kappa shape index (κ1) is 32.2. The summed E-state index contributed by atoms with van der Waals surface area (Å²) >= 11 is 6.71. The molecule has 0 radical (unpaired) electrons. The van der Waals surface area contributed by atoms with Crippen molar-refractivity contribution in [3.05, 3.63) is 70.9 Å². The van der Waals surface area contributed by atoms with E-state index in [9.17, 15) is 14.4 Å². The van der Waals surface area contributed by atoms with Crippen LogP contribution in [0.15, 0.2) is 48.8 Å². The molecule has 1 saturated carbocycles. The lowest BCUT2D eigenvalue weighted by molar-refractivity contribution is -0.131. The van der Waals surface area contributed by atoms with Gasteiger partial charge in [-0.25, -0.2) is 14.4 Å². The summed E-state index contributed by atoms with van der Waals surface area (Å²) in [5.74, 6) is 0.119. The molecule has 1 saturated heterocycles. The van der Waals surface area contributed by atoms with Crippen molar-refractivity contribution < 1.29 is 13.9 Å². The van der Waals surface area contributed by atoms with Crippen LogP contribution in [-0.2, 0) is 29.1 Å². The third-order valence-electron chi connectivity index (χ3n) is 9.71. The molecule has 46 heavy (non-hydrogen) atoms. The molecule has 3 atom stereocenters. The van der Waals surface area contributed by atoms with Crippen LogP contribution in [-0.4, -0.2) is 84.6 Å². The van der Waals surface area contributed by atoms with E-state index in [1.165, 1.54) is 17.7 Å². The largest absolute Gasteiger partial charge is 0.373 e. The molecule has 9 nitrogen and oxygen atoms in total. The zero-order chi connectivity index (χ0) is 32.4. The van der Waals surface area contributed by atoms with Gasteiger partial charge in [0.2, 0.25) is 0 Å². The third-order valence-corrected chi connectivity index (χ3v) is 10.0. The zero-order valence-electron chi connectivity index (χ0n) is 26.6. The second-order valence-corrected chi connectivity index (χ2v) is 13.2. The van der Waals surface area contributed by atoms with Crippen molar-refractivity contribution in [2.24, 2.45) is 5.92 Å². The van der Waals surface area contributed by atoms with Crippen LogP contribution in [0, 0.1) is 17.2 Å². The molecule has 11 heteroatoms. The lowest BCUT2D eigenvalue weighted by Crippen LogP contribution is -2.56. The molecule has 1 aliphatic carbocycles. The number of hydrogen-bond donors (Lipinski definition) is 0. The molecule has 6 rings (SSSR count). The summed E-state index contributed by atoms with van der Waals surface area (Å²) in [7, 11) is 4.26. The first-order valence-corrected chi connectivity index (χ1v) is 16.4. The van der Waals surface area contributed by atoms with Crippen LogP contribution in [0.25, 0.3) is 10.8 Å². The smallest absolute Gasteiger partial charge is 0.282 e. The predicted octanol–water partition coefficient (Wildman–Crippen LogP) is 5.51. The van der Waals surface area contributed by atoms with Gasteiger partial charge in [0.1, 0.15) is 12.4 Å². The molecular weight excluding hydrogens is 605 g/mol. The van der Waals surface area contributed by atoms with Gasteiger partial charge in [0.15, 0.2) is 11.7 Å². The molecule has 242 valence electrons. The van der Waals surface area contributed by atoms with Gasteiger partial charge in [-0.3, -0.25) is 4.79 Å². The molecule has 0 bridgehead atoms. The number of piperazine rings is 1. The van der Waals surface area contributed by atoms with E-state index < -0.39 is 17.8 Å². The van der Waals surface area contributed by atoms with Gasteiger partial charge >= 0.3 is 0 Å². The molecule has 2 aliphatic heterocycles. The number of carbonyl (C=O) groups excluding carboxylic acids is 1. The molecular formula is C35H41ClFN7O2. The van der Waals surface area contributed by atoms with E-state index in [2.05, 4.69) is 65.7 Å². The van der Waals surface area contributed by atoms with Crippen LogP contribution < -0.4 is 9.80 Å². The third kappa shape index (κ3) is 6.55. The molecule has 1 unspecified atom stereocenters. The highest BCUT2D eigenvalue weighted by molar-refractivity contribution is 6.36. The van der Waals surface area contributed by atoms with Crippen molar-refractivity contribution in [3.63, 3.8) is 0 Å². The summed E-state index contributed by atoms with van der Waals surface area (Å²) in [4.78, 5) is 30.8. The van der Waals surface area contributed by atoms with E-state index in [4.69, 9.17) is 26.3 Å². The van der Waals surface area contributed by atoms with Gasteiger partial charge in [0.25, 0.3) is 5.91 Å². The summed E-state index contributed by atoms with van der Waals surface area (Å²) in [6.07, 6.45) is 4.34. The topological polar surface area (TPSA) is 88.8 Å². The molecule has 3 heterocycles. The summed E-state index contributed by atoms with van der Waals surface area (Å²) in [5.41, 5.74) is 3.05. The van der Waals surface area contributed by atoms with Gasteiger partial charge in [-0.05, 0) is 56.8 Å². The predicted molar refractivity (Wildman–Crippen MR) is 178 cm³/mol. The van der Waals surface area contributed by atoms with Crippen LogP contribution >= 0.6 is 11.6 Å². The Morgan fingerprint density at radius 1 is 1.15 bits per heavy atom. The van der Waals surface area contributed by atoms with Crippen LogP contribution in [0.2, 0.25) is 5.02 Å². The number of halogens is 2. The van der Waals surface area contributed by atoms with E-state index in [1.807, 2.05) is 12.1 Å². The second kappa shape index (κ2) is 13.9. The summed E-state index contributed by atoms with van der Waals surface area (Å²) < 4.78 is 20.1. The Morgan fingerprint density at radius 2 is 1.96 bits per heavy atom. The Hall–Kier alpha value is -3.78. The molecule has 3 aliphatic rings. The highest BCUT2D eigenvalue weighted by Crippen LogP contribution is 2.37. The van der Waals surface area contributed by atoms with Gasteiger partial charge in [-0.15, -0.1) is 0 Å². The van der Waals surface area contributed by atoms with Crippen molar-refractivity contribution in [3.8, 4) is 6.07 Å². The normalized spacial score (nSPS) is 21.5. The maximum atomic E-state index is 13.9. The fourth-order valence-electron chi connectivity index (χ4n) is 7.48. The van der Waals surface area contributed by atoms with Gasteiger partial charge in [-0.1, -0.05) is 48.9 Å². The number of hydrogen-bond acceptors (Lipinski definition) is 8. The number of rotatable bonds is 9. The molecule has 1 amide bonds. The van der Waals surface area contributed by atoms with Gasteiger partial charge in [-0.2, -0.15) is 5.26 Å². The van der Waals surface area contributed by atoms with Gasteiger partial charge < -0.3 is 24.3 Å². The van der Waals surface area contributed by atoms with Crippen LogP contribution in [0.1, 0.15) is 42.8 Å². The van der Waals surface area contributed by atoms with E-state index in [0.29, 0.717) is 62.1 Å². The Balaban J connectivity index is 1.30. The monoisotopic (exact) mass is 645 g/mol. The van der Waals surface area contributed by atoms with Crippen LogP contribution in [0.4, 0.5) is 15.9 Å². The van der Waals surface area contributed by atoms with Crippen LogP contribution in [0.3, 0.4) is 0 Å². The minimum atomic E-state index is -1.01. The fraction of sp³-hybridized carbons (Fsp3) is 0.486. The lowest BCUT2D eigenvalue weighted by Gasteiger charge is -2.42. The number of nitrogens with zero attached hydrogens (tertiary/aromatic N) is 7. The minimum Gasteiger partial charge on any atom is -0.373 e. The number of aromatic nitrogens is 2. The Bertz CT molecular complexity index is 1650. The molecule has 0 spiro atoms. The van der Waals surface area contributed by atoms with Crippen molar-refractivity contribution in [1.29, 1.82) is 5.26 Å². The maximum absolute atomic E-state index is 13.9. The number of nitriles is 1.